The molecule has 0 radical (unpaired) electrons. The first-order valence-electron chi connectivity index (χ1n) is 12.2. The van der Waals surface area contributed by atoms with Crippen LogP contribution < -0.4 is 0 Å². The van der Waals surface area contributed by atoms with E-state index in [1.165, 1.54) is 7.11 Å². The largest absolute Gasteiger partial charge is 0.469 e. The first kappa shape index (κ1) is 32.4. The van der Waals surface area contributed by atoms with E-state index in [-0.39, 0.29) is 28.3 Å². The zero-order valence-corrected chi connectivity index (χ0v) is 25.5. The van der Waals surface area contributed by atoms with Crippen LogP contribution in [0.3, 0.4) is 0 Å². The van der Waals surface area contributed by atoms with Gasteiger partial charge in [0, 0.05) is 12.8 Å². The lowest BCUT2D eigenvalue weighted by Crippen LogP contribution is -2.43. The number of hydrogen-bond acceptors (Lipinski definition) is 4. The maximum absolute atomic E-state index is 11.5. The molecule has 0 saturated heterocycles. The third-order valence-corrected chi connectivity index (χ3v) is 15.7. The van der Waals surface area contributed by atoms with Crippen LogP contribution in [-0.4, -0.2) is 41.9 Å². The van der Waals surface area contributed by atoms with E-state index in [0.29, 0.717) is 25.7 Å². The molecular weight excluding hydrogens is 456 g/mol. The van der Waals surface area contributed by atoms with Crippen LogP contribution in [0.25, 0.3) is 0 Å². The Balaban J connectivity index is 5.30. The molecule has 0 saturated carbocycles. The molecule has 2 unspecified atom stereocenters. The number of allylic oxidation sites excluding steroid dienone is 3. The molecule has 0 aliphatic heterocycles. The minimum Gasteiger partial charge on any atom is -0.469 e. The molecule has 0 heterocycles. The predicted molar refractivity (Wildman–Crippen MR) is 150 cm³/mol. The number of methoxy groups -OCH3 is 1. The minimum absolute atomic E-state index is 0.0873. The minimum atomic E-state index is -1.98. The molecule has 0 bridgehead atoms. The van der Waals surface area contributed by atoms with Crippen molar-refractivity contribution in [2.75, 3.05) is 7.11 Å². The van der Waals surface area contributed by atoms with E-state index in [1.807, 2.05) is 24.3 Å². The lowest BCUT2D eigenvalue weighted by Gasteiger charge is -2.38. The maximum atomic E-state index is 11.5. The average molecular weight is 505 g/mol. The summed E-state index contributed by atoms with van der Waals surface area (Å²) in [4.78, 5) is 11.5. The summed E-state index contributed by atoms with van der Waals surface area (Å²) in [7, 11) is -2.47. The van der Waals surface area contributed by atoms with Crippen molar-refractivity contribution in [2.24, 2.45) is 0 Å². The van der Waals surface area contributed by atoms with Crippen molar-refractivity contribution in [2.45, 2.75) is 116 Å². The molecule has 34 heavy (non-hydrogen) atoms. The highest BCUT2D eigenvalue weighted by atomic mass is 28.4. The Bertz CT molecular complexity index is 793. The third-order valence-electron chi connectivity index (χ3n) is 6.75. The molecule has 0 rings (SSSR count). The van der Waals surface area contributed by atoms with Crippen LogP contribution in [0, 0.1) is 24.2 Å². The molecule has 0 spiro atoms. The number of ether oxygens (including phenoxy) is 1. The van der Waals surface area contributed by atoms with Crippen molar-refractivity contribution in [3.8, 4) is 24.2 Å². The fourth-order valence-corrected chi connectivity index (χ4v) is 4.99. The van der Waals surface area contributed by atoms with Gasteiger partial charge in [0.05, 0.1) is 13.2 Å². The summed E-state index contributed by atoms with van der Waals surface area (Å²) in [5, 5.41) is 0.214. The Hall–Kier alpha value is -1.58. The summed E-state index contributed by atoms with van der Waals surface area (Å²) < 4.78 is 17.7. The highest BCUT2D eigenvalue weighted by Crippen LogP contribution is 2.38. The molecule has 0 aliphatic rings. The van der Waals surface area contributed by atoms with E-state index in [1.54, 1.807) is 0 Å². The molecule has 0 N–H and O–H groups in total. The quantitative estimate of drug-likeness (QED) is 0.129. The van der Waals surface area contributed by atoms with Gasteiger partial charge in [0.15, 0.2) is 16.6 Å². The lowest BCUT2D eigenvalue weighted by molar-refractivity contribution is -0.140. The number of hydrogen-bond donors (Lipinski definition) is 0. The molecule has 0 aromatic rings. The highest BCUT2D eigenvalue weighted by molar-refractivity contribution is 6.74. The van der Waals surface area contributed by atoms with E-state index in [4.69, 9.17) is 20.0 Å². The summed E-state index contributed by atoms with van der Waals surface area (Å²) in [6.45, 7) is 22.2. The Labute approximate surface area is 212 Å². The average Bonchev–Trinajstić information content (AvgIpc) is 2.67. The van der Waals surface area contributed by atoms with E-state index in [0.717, 1.165) is 0 Å². The Morgan fingerprint density at radius 3 is 2.03 bits per heavy atom. The van der Waals surface area contributed by atoms with E-state index in [2.05, 4.69) is 85.5 Å². The van der Waals surface area contributed by atoms with Gasteiger partial charge in [-0.25, -0.2) is 0 Å². The zero-order chi connectivity index (χ0) is 26.6. The van der Waals surface area contributed by atoms with E-state index >= 15 is 0 Å². The van der Waals surface area contributed by atoms with Crippen molar-refractivity contribution in [3.05, 3.63) is 24.3 Å². The van der Waals surface area contributed by atoms with Gasteiger partial charge >= 0.3 is 5.97 Å². The normalized spacial score (nSPS) is 15.0. The predicted octanol–water partition coefficient (Wildman–Crippen LogP) is 7.25. The molecule has 0 aliphatic carbocycles. The van der Waals surface area contributed by atoms with Gasteiger partial charge in [0.25, 0.3) is 0 Å². The van der Waals surface area contributed by atoms with Crippen molar-refractivity contribution < 1.29 is 18.4 Å². The zero-order valence-electron chi connectivity index (χ0n) is 23.5. The molecule has 192 valence electrons. The van der Waals surface area contributed by atoms with Crippen LogP contribution in [-0.2, 0) is 18.4 Å². The summed E-state index contributed by atoms with van der Waals surface area (Å²) in [5.41, 5.74) is 0. The van der Waals surface area contributed by atoms with Gasteiger partial charge < -0.3 is 13.6 Å². The van der Waals surface area contributed by atoms with Gasteiger partial charge in [-0.3, -0.25) is 4.79 Å². The first-order valence-corrected chi connectivity index (χ1v) is 18.0. The van der Waals surface area contributed by atoms with Gasteiger partial charge in [-0.15, -0.1) is 12.3 Å². The SMILES string of the molecule is C#CCC(/C=C/C=C/C#CC(CCCC(=O)OC)O[Si](C)(C)C(C)(C)C)O[Si](C)(C)C(C)(C)C. The van der Waals surface area contributed by atoms with Crippen LogP contribution in [0.1, 0.15) is 67.2 Å². The van der Waals surface area contributed by atoms with Crippen LogP contribution in [0.15, 0.2) is 24.3 Å². The van der Waals surface area contributed by atoms with E-state index < -0.39 is 16.6 Å². The topological polar surface area (TPSA) is 44.8 Å². The second-order valence-electron chi connectivity index (χ2n) is 11.7. The standard InChI is InChI=1S/C28H48O4Si2/c1-13-19-24(31-33(9,10)27(2,3)4)20-16-14-15-17-21-25(22-18-23-26(29)30-8)32-34(11,12)28(5,6)7/h1,14-16,20,24-25H,18-19,22-23H2,2-12H3/b15-14+,20-16+. The van der Waals surface area contributed by atoms with Crippen LogP contribution in [0.5, 0.6) is 0 Å². The van der Waals surface area contributed by atoms with Gasteiger partial charge in [-0.05, 0) is 55.2 Å². The van der Waals surface area contributed by atoms with Crippen LogP contribution in [0.2, 0.25) is 36.3 Å². The number of esters is 1. The Kier molecular flexibility index (Phi) is 13.4. The molecular formula is C28H48O4Si2. The highest BCUT2D eigenvalue weighted by Gasteiger charge is 2.39. The monoisotopic (exact) mass is 504 g/mol. The van der Waals surface area contributed by atoms with Crippen LogP contribution in [0.4, 0.5) is 0 Å². The molecule has 2 atom stereocenters. The van der Waals surface area contributed by atoms with Crippen molar-refractivity contribution >= 4 is 22.6 Å². The number of carbonyl (C=O) groups excluding carboxylic acids is 1. The number of carbonyl (C=O) groups is 1. The second-order valence-corrected chi connectivity index (χ2v) is 21.2. The fraction of sp³-hybridized carbons (Fsp3) is 0.679. The van der Waals surface area contributed by atoms with Crippen LogP contribution >= 0.6 is 0 Å². The summed E-state index contributed by atoms with van der Waals surface area (Å²) in [5.74, 6) is 8.88. The van der Waals surface area contributed by atoms with Crippen molar-refractivity contribution in [1.29, 1.82) is 0 Å². The van der Waals surface area contributed by atoms with Gasteiger partial charge in [-0.2, -0.15) is 0 Å². The molecule has 0 aromatic heterocycles. The van der Waals surface area contributed by atoms with Crippen molar-refractivity contribution in [3.63, 3.8) is 0 Å². The maximum Gasteiger partial charge on any atom is 0.305 e. The van der Waals surface area contributed by atoms with Gasteiger partial charge in [0.1, 0.15) is 6.10 Å². The smallest absolute Gasteiger partial charge is 0.305 e. The number of rotatable bonds is 11. The number of terminal acetylenes is 1. The first-order chi connectivity index (χ1) is 15.5. The second kappa shape index (κ2) is 14.1. The molecule has 0 aromatic carbocycles. The van der Waals surface area contributed by atoms with E-state index in [9.17, 15) is 4.79 Å². The molecule has 4 nitrogen and oxygen atoms in total. The van der Waals surface area contributed by atoms with Crippen molar-refractivity contribution in [1.82, 2.24) is 0 Å². The Morgan fingerprint density at radius 2 is 1.53 bits per heavy atom. The van der Waals surface area contributed by atoms with Gasteiger partial charge in [-0.1, -0.05) is 71.6 Å². The summed E-state index contributed by atoms with van der Waals surface area (Å²) in [6.07, 6.45) is 15.2. The third kappa shape index (κ3) is 12.2. The molecule has 0 fully saturated rings. The molecule has 6 heteroatoms. The Morgan fingerprint density at radius 1 is 0.971 bits per heavy atom. The fourth-order valence-electron chi connectivity index (χ4n) is 2.48. The molecule has 0 amide bonds. The van der Waals surface area contributed by atoms with Gasteiger partial charge in [0.2, 0.25) is 0 Å². The summed E-state index contributed by atoms with van der Waals surface area (Å²) >= 11 is 0. The summed E-state index contributed by atoms with van der Waals surface area (Å²) in [6, 6.07) is 0. The lowest BCUT2D eigenvalue weighted by atomic mass is 10.1.